The van der Waals surface area contributed by atoms with Crippen LogP contribution in [-0.4, -0.2) is 0 Å². The molecule has 0 radical (unpaired) electrons. The second-order valence-corrected chi connectivity index (χ2v) is 20.2. The SMILES string of the molecule is c1ccc(N(c2cccc(-c3ccc4sc5ccccc5c4c3)c2)c2cc(-c3cccc4oc5ccccc5c34)cc(N(c3ccccc3)c3cccc(-c4ccc5sc6ccccc6c5c4)c3)c2)cc1. The Morgan fingerprint density at radius 1 is 0.254 bits per heavy atom. The van der Waals surface area contributed by atoms with Crippen molar-refractivity contribution in [1.29, 1.82) is 0 Å². The maximum atomic E-state index is 6.53. The van der Waals surface area contributed by atoms with Gasteiger partial charge in [0.05, 0.1) is 0 Å². The Morgan fingerprint density at radius 2 is 0.676 bits per heavy atom. The van der Waals surface area contributed by atoms with Gasteiger partial charge < -0.3 is 14.2 Å². The molecule has 5 heteroatoms. The first-order valence-electron chi connectivity index (χ1n) is 24.0. The zero-order valence-electron chi connectivity index (χ0n) is 38.4. The van der Waals surface area contributed by atoms with E-state index in [-0.39, 0.29) is 0 Å². The Labute approximate surface area is 419 Å². The molecule has 3 aromatic heterocycles. The fourth-order valence-corrected chi connectivity index (χ4v) is 12.7. The van der Waals surface area contributed by atoms with Gasteiger partial charge in [-0.1, -0.05) is 140 Å². The minimum atomic E-state index is 0.863. The molecule has 0 saturated carbocycles. The van der Waals surface area contributed by atoms with Gasteiger partial charge in [0.2, 0.25) is 0 Å². The zero-order valence-corrected chi connectivity index (χ0v) is 40.0. The smallest absolute Gasteiger partial charge is 0.136 e. The molecule has 334 valence electrons. The average molecular weight is 943 g/mol. The van der Waals surface area contributed by atoms with E-state index in [0.29, 0.717) is 0 Å². The lowest BCUT2D eigenvalue weighted by Gasteiger charge is -2.31. The lowest BCUT2D eigenvalue weighted by atomic mass is 9.97. The molecular formula is C66H42N2OS2. The molecule has 0 aliphatic heterocycles. The fourth-order valence-electron chi connectivity index (χ4n) is 10.5. The van der Waals surface area contributed by atoms with Crippen molar-refractivity contribution in [1.82, 2.24) is 0 Å². The molecule has 14 rings (SSSR count). The van der Waals surface area contributed by atoms with Crippen LogP contribution in [0.3, 0.4) is 0 Å². The number of thiophene rings is 2. The highest BCUT2D eigenvalue weighted by Gasteiger charge is 2.22. The Balaban J connectivity index is 0.985. The molecule has 0 aliphatic rings. The Kier molecular flexibility index (Phi) is 9.90. The molecule has 0 aliphatic carbocycles. The zero-order chi connectivity index (χ0) is 46.8. The normalized spacial score (nSPS) is 11.7. The van der Waals surface area contributed by atoms with Crippen LogP contribution in [0.25, 0.3) is 95.7 Å². The molecule has 3 heterocycles. The molecule has 0 fully saturated rings. The van der Waals surface area contributed by atoms with Gasteiger partial charge in [-0.2, -0.15) is 0 Å². The summed E-state index contributed by atoms with van der Waals surface area (Å²) in [4.78, 5) is 4.81. The van der Waals surface area contributed by atoms with Gasteiger partial charge in [0.1, 0.15) is 11.2 Å². The molecule has 0 bridgehead atoms. The number of para-hydroxylation sites is 3. The molecule has 0 N–H and O–H groups in total. The van der Waals surface area contributed by atoms with Gasteiger partial charge in [0.15, 0.2) is 0 Å². The Morgan fingerprint density at radius 3 is 1.24 bits per heavy atom. The second-order valence-electron chi connectivity index (χ2n) is 18.1. The standard InChI is InChI=1S/C66H42N2OS2/c1-3-18-48(19-4-1)67(50-22-13-16-43(36-50)45-32-34-64-58(40-45)55-24-8-11-30-62(55)70-64)52-38-47(54-27-15-29-61-66(54)57-26-7-10-28-60(57)69-61)39-53(42-52)68(49-20-5-2-6-21-49)51-23-14-17-44(37-51)46-33-35-65-59(41-46)56-25-9-12-31-63(56)71-65/h1-42H. The number of hydrogen-bond donors (Lipinski definition) is 0. The number of furan rings is 1. The topological polar surface area (TPSA) is 19.6 Å². The maximum absolute atomic E-state index is 6.53. The van der Waals surface area contributed by atoms with Crippen LogP contribution in [0.4, 0.5) is 34.1 Å². The second kappa shape index (κ2) is 17.0. The predicted molar refractivity (Wildman–Crippen MR) is 305 cm³/mol. The first kappa shape index (κ1) is 41.3. The number of nitrogens with zero attached hydrogens (tertiary/aromatic N) is 2. The highest BCUT2D eigenvalue weighted by molar-refractivity contribution is 7.26. The average Bonchev–Trinajstić information content (AvgIpc) is 4.13. The van der Waals surface area contributed by atoms with E-state index in [2.05, 4.69) is 259 Å². The van der Waals surface area contributed by atoms with E-state index in [9.17, 15) is 0 Å². The van der Waals surface area contributed by atoms with Gasteiger partial charge >= 0.3 is 0 Å². The van der Waals surface area contributed by atoms with Gasteiger partial charge in [-0.05, 0) is 149 Å². The third-order valence-corrected chi connectivity index (χ3v) is 16.1. The van der Waals surface area contributed by atoms with Crippen LogP contribution in [0.1, 0.15) is 0 Å². The minimum absolute atomic E-state index is 0.863. The van der Waals surface area contributed by atoms with Crippen molar-refractivity contribution in [3.05, 3.63) is 255 Å². The van der Waals surface area contributed by atoms with Crippen LogP contribution in [0.2, 0.25) is 0 Å². The quantitative estimate of drug-likeness (QED) is 0.144. The van der Waals surface area contributed by atoms with Crippen molar-refractivity contribution in [2.45, 2.75) is 0 Å². The van der Waals surface area contributed by atoms with Crippen LogP contribution < -0.4 is 9.80 Å². The maximum Gasteiger partial charge on any atom is 0.136 e. The van der Waals surface area contributed by atoms with E-state index >= 15 is 0 Å². The fraction of sp³-hybridized carbons (Fsp3) is 0. The van der Waals surface area contributed by atoms with E-state index in [4.69, 9.17) is 4.42 Å². The van der Waals surface area contributed by atoms with E-state index in [1.54, 1.807) is 0 Å². The molecule has 0 saturated heterocycles. The summed E-state index contributed by atoms with van der Waals surface area (Å²) in [5.74, 6) is 0. The molecule has 0 atom stereocenters. The highest BCUT2D eigenvalue weighted by Crippen LogP contribution is 2.47. The van der Waals surface area contributed by atoms with Gasteiger partial charge in [0.25, 0.3) is 0 Å². The van der Waals surface area contributed by atoms with Gasteiger partial charge in [0, 0.05) is 85.2 Å². The summed E-state index contributed by atoms with van der Waals surface area (Å²) < 4.78 is 11.7. The third kappa shape index (κ3) is 7.25. The minimum Gasteiger partial charge on any atom is -0.456 e. The molecule has 71 heavy (non-hydrogen) atoms. The summed E-state index contributed by atoms with van der Waals surface area (Å²) >= 11 is 3.70. The van der Waals surface area contributed by atoms with Crippen LogP contribution in [0.5, 0.6) is 0 Å². The van der Waals surface area contributed by atoms with Crippen molar-refractivity contribution < 1.29 is 4.42 Å². The van der Waals surface area contributed by atoms with Crippen LogP contribution in [-0.2, 0) is 0 Å². The van der Waals surface area contributed by atoms with Crippen molar-refractivity contribution in [3.63, 3.8) is 0 Å². The summed E-state index contributed by atoms with van der Waals surface area (Å²) in [6, 6.07) is 92.7. The van der Waals surface area contributed by atoms with Gasteiger partial charge in [-0.3, -0.25) is 0 Å². The first-order valence-corrected chi connectivity index (χ1v) is 25.6. The molecule has 14 aromatic rings. The first-order chi connectivity index (χ1) is 35.2. The monoisotopic (exact) mass is 942 g/mol. The highest BCUT2D eigenvalue weighted by atomic mass is 32.1. The van der Waals surface area contributed by atoms with Crippen LogP contribution in [0.15, 0.2) is 259 Å². The summed E-state index contributed by atoms with van der Waals surface area (Å²) in [5.41, 5.74) is 14.9. The van der Waals surface area contributed by atoms with E-state index in [1.165, 1.54) is 51.5 Å². The summed E-state index contributed by atoms with van der Waals surface area (Å²) in [6.45, 7) is 0. The number of hydrogen-bond acceptors (Lipinski definition) is 5. The number of benzene rings is 11. The summed E-state index contributed by atoms with van der Waals surface area (Å²) in [6.07, 6.45) is 0. The molecule has 3 nitrogen and oxygen atoms in total. The third-order valence-electron chi connectivity index (χ3n) is 13.8. The summed E-state index contributed by atoms with van der Waals surface area (Å²) in [5, 5.41) is 7.37. The molecule has 0 spiro atoms. The Bertz CT molecular complexity index is 4100. The van der Waals surface area contributed by atoms with Gasteiger partial charge in [-0.25, -0.2) is 0 Å². The van der Waals surface area contributed by atoms with Crippen molar-refractivity contribution in [2.24, 2.45) is 0 Å². The van der Waals surface area contributed by atoms with Crippen LogP contribution in [0, 0.1) is 0 Å². The number of fused-ring (bicyclic) bond motifs is 9. The molecule has 11 aromatic carbocycles. The molecule has 0 amide bonds. The lowest BCUT2D eigenvalue weighted by molar-refractivity contribution is 0.669. The Hall–Kier alpha value is -8.74. The molecule has 0 unspecified atom stereocenters. The predicted octanol–water partition coefficient (Wildman–Crippen LogP) is 20.3. The van der Waals surface area contributed by atoms with E-state index in [0.717, 1.165) is 78.3 Å². The van der Waals surface area contributed by atoms with Crippen molar-refractivity contribution in [2.75, 3.05) is 9.80 Å². The van der Waals surface area contributed by atoms with E-state index in [1.807, 2.05) is 28.7 Å². The largest absolute Gasteiger partial charge is 0.456 e. The van der Waals surface area contributed by atoms with Crippen molar-refractivity contribution in [3.8, 4) is 33.4 Å². The molecular weight excluding hydrogens is 901 g/mol. The van der Waals surface area contributed by atoms with E-state index < -0.39 is 0 Å². The van der Waals surface area contributed by atoms with Gasteiger partial charge in [-0.15, -0.1) is 22.7 Å². The summed E-state index contributed by atoms with van der Waals surface area (Å²) in [7, 11) is 0. The number of anilines is 6. The van der Waals surface area contributed by atoms with Crippen molar-refractivity contribution >= 4 is 119 Å². The number of rotatable bonds is 9. The lowest BCUT2D eigenvalue weighted by Crippen LogP contribution is -2.13. The van der Waals surface area contributed by atoms with Crippen LogP contribution >= 0.6 is 22.7 Å².